The quantitative estimate of drug-likeness (QED) is 0.923. The molecule has 124 valence electrons. The highest BCUT2D eigenvalue weighted by molar-refractivity contribution is 6.07. The van der Waals surface area contributed by atoms with Crippen molar-refractivity contribution in [2.45, 2.75) is 31.2 Å². The smallest absolute Gasteiger partial charge is 0.254 e. The second-order valence-electron chi connectivity index (χ2n) is 6.93. The fraction of sp³-hybridized carbons (Fsp3) is 0.556. The molecule has 1 aromatic carbocycles. The fourth-order valence-corrected chi connectivity index (χ4v) is 3.43. The molecule has 5 nitrogen and oxygen atoms in total. The van der Waals surface area contributed by atoms with E-state index >= 15 is 0 Å². The van der Waals surface area contributed by atoms with Crippen molar-refractivity contribution in [1.29, 1.82) is 0 Å². The number of amides is 1. The molecule has 1 atom stereocenters. The number of rotatable bonds is 3. The zero-order valence-electron chi connectivity index (χ0n) is 14.2. The zero-order chi connectivity index (χ0) is 16.4. The molecular weight excluding hydrogens is 288 g/mol. The third-order valence-electron chi connectivity index (χ3n) is 4.98. The van der Waals surface area contributed by atoms with Crippen molar-refractivity contribution in [2.75, 3.05) is 33.7 Å². The van der Waals surface area contributed by atoms with Gasteiger partial charge in [0.1, 0.15) is 5.54 Å². The summed E-state index contributed by atoms with van der Waals surface area (Å²) in [5.74, 6) is 1.27. The molecule has 1 fully saturated rings. The monoisotopic (exact) mass is 314 g/mol. The molecule has 1 aromatic rings. The van der Waals surface area contributed by atoms with Crippen LogP contribution in [0.15, 0.2) is 35.3 Å². The minimum absolute atomic E-state index is 0.0666. The predicted molar refractivity (Wildman–Crippen MR) is 92.5 cm³/mol. The summed E-state index contributed by atoms with van der Waals surface area (Å²) in [6, 6.07) is 10.6. The van der Waals surface area contributed by atoms with Crippen LogP contribution in [0, 0.1) is 0 Å². The zero-order valence-corrected chi connectivity index (χ0v) is 14.2. The number of likely N-dealkylation sites (tertiary alicyclic amines) is 1. The van der Waals surface area contributed by atoms with Gasteiger partial charge in [0.15, 0.2) is 0 Å². The number of carbonyl (C=O) groups excluding carboxylic acids is 1. The SMILES string of the molecule is C[C@@H](CN1CCC2(CC1)N=C(N(C)C)NC2=O)c1ccccc1. The molecule has 2 aliphatic heterocycles. The molecular formula is C18H26N4O. The number of hydrogen-bond acceptors (Lipinski definition) is 4. The standard InChI is InChI=1S/C18H26N4O/c1-14(15-7-5-4-6-8-15)13-22-11-9-18(10-12-22)16(23)19-17(20-18)21(2)3/h4-8,14H,9-13H2,1-3H3,(H,19,20,23)/t14-/m0/s1. The van der Waals surface area contributed by atoms with E-state index in [-0.39, 0.29) is 5.91 Å². The molecule has 0 unspecified atom stereocenters. The fourth-order valence-electron chi connectivity index (χ4n) is 3.43. The van der Waals surface area contributed by atoms with Crippen LogP contribution >= 0.6 is 0 Å². The Balaban J connectivity index is 1.60. The van der Waals surface area contributed by atoms with Gasteiger partial charge in [-0.2, -0.15) is 0 Å². The summed E-state index contributed by atoms with van der Waals surface area (Å²) >= 11 is 0. The van der Waals surface area contributed by atoms with Gasteiger partial charge < -0.3 is 9.80 Å². The Morgan fingerprint density at radius 2 is 1.91 bits per heavy atom. The lowest BCUT2D eigenvalue weighted by Gasteiger charge is -2.36. The van der Waals surface area contributed by atoms with Gasteiger partial charge in [-0.15, -0.1) is 0 Å². The van der Waals surface area contributed by atoms with Crippen molar-refractivity contribution < 1.29 is 4.79 Å². The first-order valence-electron chi connectivity index (χ1n) is 8.36. The van der Waals surface area contributed by atoms with Crippen LogP contribution in [0.2, 0.25) is 0 Å². The van der Waals surface area contributed by atoms with Gasteiger partial charge in [0.05, 0.1) is 0 Å². The molecule has 0 saturated carbocycles. The first-order chi connectivity index (χ1) is 11.0. The van der Waals surface area contributed by atoms with Gasteiger partial charge in [-0.1, -0.05) is 37.3 Å². The Labute approximate surface area is 138 Å². The van der Waals surface area contributed by atoms with Crippen LogP contribution in [0.3, 0.4) is 0 Å². The van der Waals surface area contributed by atoms with Gasteiger partial charge >= 0.3 is 0 Å². The van der Waals surface area contributed by atoms with Crippen molar-refractivity contribution in [1.82, 2.24) is 15.1 Å². The predicted octanol–water partition coefficient (Wildman–Crippen LogP) is 1.67. The molecule has 0 aromatic heterocycles. The molecule has 2 heterocycles. The van der Waals surface area contributed by atoms with E-state index in [1.807, 2.05) is 19.0 Å². The van der Waals surface area contributed by atoms with Crippen molar-refractivity contribution in [2.24, 2.45) is 4.99 Å². The third-order valence-corrected chi connectivity index (χ3v) is 4.98. The van der Waals surface area contributed by atoms with Crippen molar-refractivity contribution in [3.63, 3.8) is 0 Å². The second kappa shape index (κ2) is 6.32. The number of carbonyl (C=O) groups is 1. The number of aliphatic imine (C=N–C) groups is 1. The molecule has 2 aliphatic rings. The summed E-state index contributed by atoms with van der Waals surface area (Å²) < 4.78 is 0. The normalized spacial score (nSPS) is 21.9. The van der Waals surface area contributed by atoms with Crippen LogP contribution in [-0.2, 0) is 4.79 Å². The van der Waals surface area contributed by atoms with Crippen LogP contribution in [0.4, 0.5) is 0 Å². The topological polar surface area (TPSA) is 47.9 Å². The molecule has 0 bridgehead atoms. The Morgan fingerprint density at radius 3 is 2.48 bits per heavy atom. The Bertz CT molecular complexity index is 588. The number of nitrogens with zero attached hydrogens (tertiary/aromatic N) is 3. The Morgan fingerprint density at radius 1 is 1.26 bits per heavy atom. The maximum Gasteiger partial charge on any atom is 0.254 e. The molecule has 0 aliphatic carbocycles. The molecule has 1 saturated heterocycles. The minimum Gasteiger partial charge on any atom is -0.349 e. The largest absolute Gasteiger partial charge is 0.349 e. The Hall–Kier alpha value is -1.88. The van der Waals surface area contributed by atoms with Crippen molar-refractivity contribution in [3.8, 4) is 0 Å². The molecule has 5 heteroatoms. The highest BCUT2D eigenvalue weighted by atomic mass is 16.2. The van der Waals surface area contributed by atoms with Crippen LogP contribution in [-0.4, -0.2) is 60.9 Å². The molecule has 23 heavy (non-hydrogen) atoms. The van der Waals surface area contributed by atoms with Crippen LogP contribution < -0.4 is 5.32 Å². The van der Waals surface area contributed by atoms with E-state index in [1.165, 1.54) is 5.56 Å². The highest BCUT2D eigenvalue weighted by Gasteiger charge is 2.46. The number of hydrogen-bond donors (Lipinski definition) is 1. The van der Waals surface area contributed by atoms with Crippen molar-refractivity contribution >= 4 is 11.9 Å². The van der Waals surface area contributed by atoms with Gasteiger partial charge in [0, 0.05) is 33.7 Å². The van der Waals surface area contributed by atoms with Gasteiger partial charge in [-0.3, -0.25) is 10.1 Å². The first-order valence-corrected chi connectivity index (χ1v) is 8.36. The summed E-state index contributed by atoms with van der Waals surface area (Å²) in [4.78, 5) is 21.4. The summed E-state index contributed by atoms with van der Waals surface area (Å²) in [5, 5.41) is 2.91. The van der Waals surface area contributed by atoms with Crippen LogP contribution in [0.5, 0.6) is 0 Å². The van der Waals surface area contributed by atoms with Gasteiger partial charge in [-0.25, -0.2) is 4.99 Å². The lowest BCUT2D eigenvalue weighted by Crippen LogP contribution is -2.49. The van der Waals surface area contributed by atoms with Crippen LogP contribution in [0.1, 0.15) is 31.2 Å². The maximum atomic E-state index is 12.3. The van der Waals surface area contributed by atoms with Gasteiger partial charge in [-0.05, 0) is 24.3 Å². The summed E-state index contributed by atoms with van der Waals surface area (Å²) in [5.41, 5.74) is 0.839. The minimum atomic E-state index is -0.536. The maximum absolute atomic E-state index is 12.3. The Kier molecular flexibility index (Phi) is 4.39. The summed E-state index contributed by atoms with van der Waals surface area (Å²) in [6.45, 7) is 5.15. The number of guanidine groups is 1. The van der Waals surface area contributed by atoms with E-state index in [0.29, 0.717) is 11.9 Å². The number of nitrogens with one attached hydrogen (secondary N) is 1. The van der Waals surface area contributed by atoms with E-state index in [0.717, 1.165) is 32.5 Å². The average molecular weight is 314 g/mol. The van der Waals surface area contributed by atoms with Gasteiger partial charge in [0.25, 0.3) is 5.91 Å². The molecule has 3 rings (SSSR count). The van der Waals surface area contributed by atoms with E-state index in [2.05, 4.69) is 52.5 Å². The third kappa shape index (κ3) is 3.24. The van der Waals surface area contributed by atoms with E-state index in [1.54, 1.807) is 0 Å². The number of benzene rings is 1. The van der Waals surface area contributed by atoms with Gasteiger partial charge in [0.2, 0.25) is 5.96 Å². The summed E-state index contributed by atoms with van der Waals surface area (Å²) in [6.07, 6.45) is 1.61. The van der Waals surface area contributed by atoms with E-state index in [9.17, 15) is 4.79 Å². The van der Waals surface area contributed by atoms with E-state index < -0.39 is 5.54 Å². The lowest BCUT2D eigenvalue weighted by molar-refractivity contribution is -0.125. The second-order valence-corrected chi connectivity index (χ2v) is 6.93. The molecule has 1 amide bonds. The lowest BCUT2D eigenvalue weighted by atomic mass is 9.87. The molecule has 0 radical (unpaired) electrons. The number of piperidine rings is 1. The molecule has 1 spiro atoms. The van der Waals surface area contributed by atoms with Crippen LogP contribution in [0.25, 0.3) is 0 Å². The average Bonchev–Trinajstić information content (AvgIpc) is 2.88. The highest BCUT2D eigenvalue weighted by Crippen LogP contribution is 2.31. The molecule has 1 N–H and O–H groups in total. The van der Waals surface area contributed by atoms with E-state index in [4.69, 9.17) is 0 Å². The van der Waals surface area contributed by atoms with Crippen molar-refractivity contribution in [3.05, 3.63) is 35.9 Å². The first kappa shape index (κ1) is 16.0. The summed E-state index contributed by atoms with van der Waals surface area (Å²) in [7, 11) is 3.82.